The van der Waals surface area contributed by atoms with Crippen LogP contribution >= 0.6 is 0 Å². The molecule has 0 saturated heterocycles. The first-order valence-corrected chi connectivity index (χ1v) is 7.85. The van der Waals surface area contributed by atoms with Crippen LogP contribution in [-0.4, -0.2) is 35.2 Å². The van der Waals surface area contributed by atoms with Crippen molar-refractivity contribution in [3.8, 4) is 11.5 Å². The summed E-state index contributed by atoms with van der Waals surface area (Å²) in [5, 5.41) is 9.78. The van der Waals surface area contributed by atoms with Gasteiger partial charge in [0.15, 0.2) is 23.9 Å². The van der Waals surface area contributed by atoms with Crippen LogP contribution in [0.3, 0.4) is 0 Å². The summed E-state index contributed by atoms with van der Waals surface area (Å²) in [7, 11) is 0. The molecule has 1 aromatic carbocycles. The van der Waals surface area contributed by atoms with Gasteiger partial charge < -0.3 is 24.3 Å². The van der Waals surface area contributed by atoms with Gasteiger partial charge in [0.1, 0.15) is 5.69 Å². The first kappa shape index (κ1) is 17.0. The zero-order valence-corrected chi connectivity index (χ0v) is 14.2. The van der Waals surface area contributed by atoms with E-state index in [1.807, 2.05) is 0 Å². The van der Waals surface area contributed by atoms with E-state index in [0.29, 0.717) is 33.9 Å². The molecular weight excluding hydrogens is 326 g/mol. The topological polar surface area (TPSA) is 97.9 Å². The van der Waals surface area contributed by atoms with Gasteiger partial charge in [-0.3, -0.25) is 4.79 Å². The summed E-state index contributed by atoms with van der Waals surface area (Å²) in [6, 6.07) is 4.80. The Labute approximate surface area is 144 Å². The van der Waals surface area contributed by atoms with Crippen LogP contribution in [0.2, 0.25) is 0 Å². The van der Waals surface area contributed by atoms with Crippen molar-refractivity contribution in [2.75, 3.05) is 13.4 Å². The molecule has 1 aliphatic heterocycles. The standard InChI is InChI=1S/C18H19NO6/c1-9-16(11(3)20)10(2)19-17(9)18(22)23-7-13(21)12-4-5-14-15(6-12)25-8-24-14/h4-6,11,19-20H,7-8H2,1-3H3. The number of nitrogens with one attached hydrogen (secondary N) is 1. The molecule has 1 aliphatic rings. The Bertz CT molecular complexity index is 836. The highest BCUT2D eigenvalue weighted by molar-refractivity contribution is 5.99. The number of aryl methyl sites for hydroxylation is 1. The summed E-state index contributed by atoms with van der Waals surface area (Å²) >= 11 is 0. The second kappa shape index (κ2) is 6.60. The van der Waals surface area contributed by atoms with Gasteiger partial charge in [0, 0.05) is 16.8 Å². The van der Waals surface area contributed by atoms with Crippen LogP contribution in [0.4, 0.5) is 0 Å². The number of H-pyrrole nitrogens is 1. The molecule has 132 valence electrons. The maximum atomic E-state index is 12.2. The SMILES string of the molecule is Cc1[nH]c(C(=O)OCC(=O)c2ccc3c(c2)OCO3)c(C)c1C(C)O. The maximum Gasteiger partial charge on any atom is 0.355 e. The lowest BCUT2D eigenvalue weighted by Crippen LogP contribution is -2.15. The van der Waals surface area contributed by atoms with E-state index in [4.69, 9.17) is 14.2 Å². The third-order valence-electron chi connectivity index (χ3n) is 4.15. The number of Topliss-reactive ketones (excluding diaryl/α,β-unsaturated/α-hetero) is 1. The van der Waals surface area contributed by atoms with Gasteiger partial charge in [0.25, 0.3) is 0 Å². The summed E-state index contributed by atoms with van der Waals surface area (Å²) < 4.78 is 15.5. The number of carbonyl (C=O) groups excluding carboxylic acids is 2. The molecule has 1 aromatic heterocycles. The van der Waals surface area contributed by atoms with Crippen molar-refractivity contribution in [3.05, 3.63) is 46.3 Å². The fourth-order valence-corrected chi connectivity index (χ4v) is 2.95. The van der Waals surface area contributed by atoms with E-state index in [2.05, 4.69) is 4.98 Å². The third-order valence-corrected chi connectivity index (χ3v) is 4.15. The largest absolute Gasteiger partial charge is 0.454 e. The van der Waals surface area contributed by atoms with Crippen LogP contribution < -0.4 is 9.47 Å². The van der Waals surface area contributed by atoms with Gasteiger partial charge in [-0.05, 0) is 44.5 Å². The molecule has 0 radical (unpaired) electrons. The molecular formula is C18H19NO6. The van der Waals surface area contributed by atoms with Gasteiger partial charge in [0.05, 0.1) is 6.10 Å². The van der Waals surface area contributed by atoms with Crippen molar-refractivity contribution < 1.29 is 28.9 Å². The smallest absolute Gasteiger partial charge is 0.355 e. The number of rotatable bonds is 5. The van der Waals surface area contributed by atoms with E-state index in [-0.39, 0.29) is 24.9 Å². The molecule has 2 aromatic rings. The average Bonchev–Trinajstić information content (AvgIpc) is 3.15. The maximum absolute atomic E-state index is 12.2. The molecule has 2 heterocycles. The second-order valence-electron chi connectivity index (χ2n) is 5.91. The molecule has 0 fully saturated rings. The molecule has 0 aliphatic carbocycles. The zero-order valence-electron chi connectivity index (χ0n) is 14.2. The zero-order chi connectivity index (χ0) is 18.1. The fraction of sp³-hybridized carbons (Fsp3) is 0.333. The molecule has 2 N–H and O–H groups in total. The summed E-state index contributed by atoms with van der Waals surface area (Å²) in [5.41, 5.74) is 2.59. The van der Waals surface area contributed by atoms with Crippen LogP contribution in [0.25, 0.3) is 0 Å². The summed E-state index contributed by atoms with van der Waals surface area (Å²) in [4.78, 5) is 27.4. The monoisotopic (exact) mass is 345 g/mol. The molecule has 0 amide bonds. The van der Waals surface area contributed by atoms with Crippen molar-refractivity contribution >= 4 is 11.8 Å². The summed E-state index contributed by atoms with van der Waals surface area (Å²) in [6.07, 6.45) is -0.701. The summed E-state index contributed by atoms with van der Waals surface area (Å²) in [5.74, 6) is 0.0937. The van der Waals surface area contributed by atoms with Gasteiger partial charge in [-0.2, -0.15) is 0 Å². The molecule has 1 atom stereocenters. The average molecular weight is 345 g/mol. The van der Waals surface area contributed by atoms with E-state index < -0.39 is 12.1 Å². The Hall–Kier alpha value is -2.80. The number of aromatic amines is 1. The number of ether oxygens (including phenoxy) is 3. The number of hydrogen-bond donors (Lipinski definition) is 2. The number of aliphatic hydroxyl groups excluding tert-OH is 1. The van der Waals surface area contributed by atoms with E-state index in [9.17, 15) is 14.7 Å². The number of esters is 1. The predicted molar refractivity (Wildman–Crippen MR) is 88.1 cm³/mol. The quantitative estimate of drug-likeness (QED) is 0.638. The van der Waals surface area contributed by atoms with E-state index in [0.717, 1.165) is 0 Å². The fourth-order valence-electron chi connectivity index (χ4n) is 2.95. The number of ketones is 1. The van der Waals surface area contributed by atoms with Crippen molar-refractivity contribution in [2.45, 2.75) is 26.9 Å². The molecule has 0 bridgehead atoms. The normalized spacial score (nSPS) is 13.6. The molecule has 3 rings (SSSR count). The van der Waals surface area contributed by atoms with Crippen LogP contribution in [0.5, 0.6) is 11.5 Å². The molecule has 0 saturated carbocycles. The Balaban J connectivity index is 1.68. The molecule has 1 unspecified atom stereocenters. The van der Waals surface area contributed by atoms with Crippen molar-refractivity contribution in [2.24, 2.45) is 0 Å². The molecule has 25 heavy (non-hydrogen) atoms. The van der Waals surface area contributed by atoms with Crippen molar-refractivity contribution in [1.82, 2.24) is 4.98 Å². The minimum absolute atomic E-state index is 0.124. The van der Waals surface area contributed by atoms with Crippen LogP contribution in [0.15, 0.2) is 18.2 Å². The summed E-state index contributed by atoms with van der Waals surface area (Å²) in [6.45, 7) is 4.85. The Morgan fingerprint density at radius 3 is 2.68 bits per heavy atom. The number of benzene rings is 1. The van der Waals surface area contributed by atoms with Gasteiger partial charge in [-0.1, -0.05) is 0 Å². The van der Waals surface area contributed by atoms with E-state index >= 15 is 0 Å². The lowest BCUT2D eigenvalue weighted by Gasteiger charge is -2.06. The lowest BCUT2D eigenvalue weighted by molar-refractivity contribution is 0.0468. The van der Waals surface area contributed by atoms with Gasteiger partial charge in [-0.15, -0.1) is 0 Å². The lowest BCUT2D eigenvalue weighted by atomic mass is 10.1. The van der Waals surface area contributed by atoms with Crippen molar-refractivity contribution in [1.29, 1.82) is 0 Å². The number of fused-ring (bicyclic) bond motifs is 1. The minimum Gasteiger partial charge on any atom is -0.454 e. The van der Waals surface area contributed by atoms with E-state index in [1.165, 1.54) is 0 Å². The van der Waals surface area contributed by atoms with E-state index in [1.54, 1.807) is 39.0 Å². The molecule has 0 spiro atoms. The third kappa shape index (κ3) is 3.23. The second-order valence-corrected chi connectivity index (χ2v) is 5.91. The number of carbonyl (C=O) groups is 2. The molecule has 7 nitrogen and oxygen atoms in total. The highest BCUT2D eigenvalue weighted by Gasteiger charge is 2.22. The first-order chi connectivity index (χ1) is 11.9. The van der Waals surface area contributed by atoms with Gasteiger partial charge >= 0.3 is 5.97 Å². The van der Waals surface area contributed by atoms with Crippen molar-refractivity contribution in [3.63, 3.8) is 0 Å². The Morgan fingerprint density at radius 2 is 2.00 bits per heavy atom. The van der Waals surface area contributed by atoms with Gasteiger partial charge in [-0.25, -0.2) is 4.79 Å². The Morgan fingerprint density at radius 1 is 1.28 bits per heavy atom. The minimum atomic E-state index is -0.701. The highest BCUT2D eigenvalue weighted by atomic mass is 16.7. The van der Waals surface area contributed by atoms with Gasteiger partial charge in [0.2, 0.25) is 6.79 Å². The predicted octanol–water partition coefficient (Wildman–Crippen LogP) is 2.45. The number of aliphatic hydroxyl groups is 1. The Kier molecular flexibility index (Phi) is 4.50. The van der Waals surface area contributed by atoms with Crippen LogP contribution in [0, 0.1) is 13.8 Å². The number of hydrogen-bond acceptors (Lipinski definition) is 6. The first-order valence-electron chi connectivity index (χ1n) is 7.85. The molecule has 7 heteroatoms. The van der Waals surface area contributed by atoms with Crippen LogP contribution in [0.1, 0.15) is 50.7 Å². The highest BCUT2D eigenvalue weighted by Crippen LogP contribution is 2.32. The van der Waals surface area contributed by atoms with Crippen LogP contribution in [-0.2, 0) is 4.74 Å². The number of aromatic nitrogens is 1.